The van der Waals surface area contributed by atoms with Crippen molar-refractivity contribution in [2.24, 2.45) is 0 Å². The molecule has 6 heteroatoms. The number of carbonyl (C=O) groups is 1. The van der Waals surface area contributed by atoms with Crippen LogP contribution in [0.2, 0.25) is 0 Å². The predicted molar refractivity (Wildman–Crippen MR) is 81.6 cm³/mol. The van der Waals surface area contributed by atoms with Gasteiger partial charge >= 0.3 is 0 Å². The molecule has 0 saturated carbocycles. The van der Waals surface area contributed by atoms with Gasteiger partial charge in [0.05, 0.1) is 18.4 Å². The summed E-state index contributed by atoms with van der Waals surface area (Å²) in [5.41, 5.74) is 2.37. The molecular formula is C15H14N4OS. The molecule has 106 valence electrons. The van der Waals surface area contributed by atoms with Crippen molar-refractivity contribution in [2.75, 3.05) is 0 Å². The molecule has 2 aromatic heterocycles. The molecule has 0 aliphatic carbocycles. The molecule has 0 aliphatic heterocycles. The minimum Gasteiger partial charge on any atom is -0.346 e. The Morgan fingerprint density at radius 2 is 2.10 bits per heavy atom. The Kier molecular flexibility index (Phi) is 3.79. The smallest absolute Gasteiger partial charge is 0.273 e. The topological polar surface area (TPSA) is 59.8 Å². The van der Waals surface area contributed by atoms with E-state index in [1.54, 1.807) is 22.2 Å². The molecule has 0 radical (unpaired) electrons. The van der Waals surface area contributed by atoms with Crippen molar-refractivity contribution in [2.45, 2.75) is 13.5 Å². The molecule has 5 nitrogen and oxygen atoms in total. The van der Waals surface area contributed by atoms with Gasteiger partial charge in [0.15, 0.2) is 5.69 Å². The van der Waals surface area contributed by atoms with Crippen molar-refractivity contribution in [3.8, 4) is 5.69 Å². The van der Waals surface area contributed by atoms with Crippen molar-refractivity contribution in [3.63, 3.8) is 0 Å². The summed E-state index contributed by atoms with van der Waals surface area (Å²) in [7, 11) is 0. The van der Waals surface area contributed by atoms with Crippen LogP contribution in [0.15, 0.2) is 48.0 Å². The van der Waals surface area contributed by atoms with Crippen LogP contribution in [0.25, 0.3) is 5.69 Å². The van der Waals surface area contributed by atoms with E-state index in [1.165, 1.54) is 5.56 Å². The lowest BCUT2D eigenvalue weighted by atomic mass is 10.2. The Morgan fingerprint density at radius 3 is 2.81 bits per heavy atom. The molecule has 0 bridgehead atoms. The number of nitrogens with zero attached hydrogens (tertiary/aromatic N) is 3. The molecule has 3 aromatic rings. The molecule has 1 aromatic carbocycles. The van der Waals surface area contributed by atoms with E-state index in [9.17, 15) is 4.79 Å². The van der Waals surface area contributed by atoms with Crippen molar-refractivity contribution in [1.82, 2.24) is 20.3 Å². The van der Waals surface area contributed by atoms with Gasteiger partial charge < -0.3 is 5.32 Å². The fourth-order valence-corrected chi connectivity index (χ4v) is 2.51. The largest absolute Gasteiger partial charge is 0.346 e. The second kappa shape index (κ2) is 5.88. The molecule has 3 rings (SSSR count). The zero-order valence-electron chi connectivity index (χ0n) is 11.5. The highest BCUT2D eigenvalue weighted by Gasteiger charge is 2.11. The number of nitrogens with one attached hydrogen (secondary N) is 1. The van der Waals surface area contributed by atoms with Crippen LogP contribution in [0.1, 0.15) is 20.9 Å². The molecule has 0 saturated heterocycles. The van der Waals surface area contributed by atoms with Gasteiger partial charge in [0.25, 0.3) is 5.91 Å². The Labute approximate surface area is 126 Å². The summed E-state index contributed by atoms with van der Waals surface area (Å²) in [4.78, 5) is 13.1. The second-order valence-electron chi connectivity index (χ2n) is 4.65. The van der Waals surface area contributed by atoms with Gasteiger partial charge in [0, 0.05) is 4.88 Å². The van der Waals surface area contributed by atoms with E-state index in [1.807, 2.05) is 48.7 Å². The average molecular weight is 298 g/mol. The summed E-state index contributed by atoms with van der Waals surface area (Å²) >= 11 is 1.61. The molecule has 21 heavy (non-hydrogen) atoms. The van der Waals surface area contributed by atoms with Crippen LogP contribution in [0.5, 0.6) is 0 Å². The lowest BCUT2D eigenvalue weighted by Gasteiger charge is -2.00. The molecular weight excluding hydrogens is 284 g/mol. The SMILES string of the molecule is Cc1ccc(-n2cc(C(=O)NCc3cccs3)nn2)cc1. The Morgan fingerprint density at radius 1 is 1.29 bits per heavy atom. The van der Waals surface area contributed by atoms with Gasteiger partial charge in [-0.3, -0.25) is 4.79 Å². The first kappa shape index (κ1) is 13.5. The lowest BCUT2D eigenvalue weighted by molar-refractivity contribution is 0.0946. The van der Waals surface area contributed by atoms with Crippen LogP contribution in [0, 0.1) is 6.92 Å². The average Bonchev–Trinajstić information content (AvgIpc) is 3.17. The van der Waals surface area contributed by atoms with Gasteiger partial charge in [-0.1, -0.05) is 29.0 Å². The van der Waals surface area contributed by atoms with Gasteiger partial charge in [-0.2, -0.15) is 0 Å². The Hall–Kier alpha value is -2.47. The second-order valence-corrected chi connectivity index (χ2v) is 5.68. The zero-order valence-corrected chi connectivity index (χ0v) is 12.3. The van der Waals surface area contributed by atoms with E-state index >= 15 is 0 Å². The number of aryl methyl sites for hydroxylation is 1. The summed E-state index contributed by atoms with van der Waals surface area (Å²) in [6, 6.07) is 11.8. The van der Waals surface area contributed by atoms with E-state index in [0.717, 1.165) is 10.6 Å². The first-order chi connectivity index (χ1) is 10.2. The minimum absolute atomic E-state index is 0.221. The number of rotatable bonds is 4. The van der Waals surface area contributed by atoms with Gasteiger partial charge in [-0.25, -0.2) is 4.68 Å². The van der Waals surface area contributed by atoms with Gasteiger partial charge in [-0.05, 0) is 30.5 Å². The highest BCUT2D eigenvalue weighted by atomic mass is 32.1. The predicted octanol–water partition coefficient (Wildman–Crippen LogP) is 2.57. The van der Waals surface area contributed by atoms with Gasteiger partial charge in [-0.15, -0.1) is 16.4 Å². The van der Waals surface area contributed by atoms with Crippen LogP contribution >= 0.6 is 11.3 Å². The van der Waals surface area contributed by atoms with Crippen molar-refractivity contribution in [1.29, 1.82) is 0 Å². The van der Waals surface area contributed by atoms with Crippen molar-refractivity contribution >= 4 is 17.2 Å². The number of hydrogen-bond acceptors (Lipinski definition) is 4. The molecule has 0 atom stereocenters. The maximum atomic E-state index is 12.0. The number of carbonyl (C=O) groups excluding carboxylic acids is 1. The lowest BCUT2D eigenvalue weighted by Crippen LogP contribution is -2.22. The van der Waals surface area contributed by atoms with E-state index in [0.29, 0.717) is 12.2 Å². The number of hydrogen-bond donors (Lipinski definition) is 1. The zero-order chi connectivity index (χ0) is 14.7. The molecule has 0 spiro atoms. The summed E-state index contributed by atoms with van der Waals surface area (Å²) in [5.74, 6) is -0.221. The fourth-order valence-electron chi connectivity index (χ4n) is 1.86. The third kappa shape index (κ3) is 3.17. The Balaban J connectivity index is 1.69. The van der Waals surface area contributed by atoms with Crippen LogP contribution in [0.4, 0.5) is 0 Å². The highest BCUT2D eigenvalue weighted by molar-refractivity contribution is 7.09. The van der Waals surface area contributed by atoms with Crippen LogP contribution in [-0.4, -0.2) is 20.9 Å². The number of aromatic nitrogens is 3. The number of benzene rings is 1. The van der Waals surface area contributed by atoms with Crippen molar-refractivity contribution < 1.29 is 4.79 Å². The van der Waals surface area contributed by atoms with Crippen LogP contribution < -0.4 is 5.32 Å². The quantitative estimate of drug-likeness (QED) is 0.805. The molecule has 0 aliphatic rings. The maximum absolute atomic E-state index is 12.0. The van der Waals surface area contributed by atoms with Crippen molar-refractivity contribution in [3.05, 3.63) is 64.1 Å². The Bertz CT molecular complexity index is 731. The maximum Gasteiger partial charge on any atom is 0.273 e. The van der Waals surface area contributed by atoms with E-state index in [2.05, 4.69) is 15.6 Å². The normalized spacial score (nSPS) is 10.5. The van der Waals surface area contributed by atoms with Crippen LogP contribution in [-0.2, 0) is 6.54 Å². The molecule has 2 heterocycles. The number of amides is 1. The monoisotopic (exact) mass is 298 g/mol. The summed E-state index contributed by atoms with van der Waals surface area (Å²) in [5, 5.41) is 12.7. The highest BCUT2D eigenvalue weighted by Crippen LogP contribution is 2.10. The summed E-state index contributed by atoms with van der Waals surface area (Å²) < 4.78 is 1.60. The van der Waals surface area contributed by atoms with E-state index in [-0.39, 0.29) is 5.91 Å². The standard InChI is InChI=1S/C15H14N4OS/c1-11-4-6-12(7-5-11)19-10-14(17-18-19)15(20)16-9-13-3-2-8-21-13/h2-8,10H,9H2,1H3,(H,16,20). The van der Waals surface area contributed by atoms with Gasteiger partial charge in [0.2, 0.25) is 0 Å². The minimum atomic E-state index is -0.221. The fraction of sp³-hybridized carbons (Fsp3) is 0.133. The molecule has 0 fully saturated rings. The van der Waals surface area contributed by atoms with E-state index in [4.69, 9.17) is 0 Å². The first-order valence-corrected chi connectivity index (χ1v) is 7.40. The molecule has 1 amide bonds. The van der Waals surface area contributed by atoms with Crippen LogP contribution in [0.3, 0.4) is 0 Å². The third-order valence-corrected chi connectivity index (χ3v) is 3.90. The first-order valence-electron chi connectivity index (χ1n) is 6.52. The summed E-state index contributed by atoms with van der Waals surface area (Å²) in [6.07, 6.45) is 1.63. The molecule has 1 N–H and O–H groups in total. The van der Waals surface area contributed by atoms with Gasteiger partial charge in [0.1, 0.15) is 0 Å². The summed E-state index contributed by atoms with van der Waals surface area (Å²) in [6.45, 7) is 2.53. The van der Waals surface area contributed by atoms with E-state index < -0.39 is 0 Å². The number of thiophene rings is 1. The molecule has 0 unspecified atom stereocenters. The third-order valence-electron chi connectivity index (χ3n) is 3.03.